The van der Waals surface area contributed by atoms with Crippen LogP contribution in [0.25, 0.3) is 0 Å². The van der Waals surface area contributed by atoms with Crippen LogP contribution in [0.1, 0.15) is 49.1 Å². The standard InChI is InChI=1S/C14H21NO/c1-10(15)12(8-9-16)14-5-3-2-4-13(14)11-6-7-11/h2-5,10-12,16H,6-9,15H2,1H3. The molecule has 1 fully saturated rings. The Morgan fingerprint density at radius 2 is 2.06 bits per heavy atom. The van der Waals surface area contributed by atoms with Gasteiger partial charge < -0.3 is 10.8 Å². The van der Waals surface area contributed by atoms with Crippen LogP contribution in [0.5, 0.6) is 0 Å². The third kappa shape index (κ3) is 2.45. The summed E-state index contributed by atoms with van der Waals surface area (Å²) in [5, 5.41) is 9.14. The van der Waals surface area contributed by atoms with Crippen molar-refractivity contribution in [3.8, 4) is 0 Å². The Labute approximate surface area is 97.5 Å². The maximum absolute atomic E-state index is 9.14. The Bertz CT molecular complexity index is 344. The molecule has 0 bridgehead atoms. The lowest BCUT2D eigenvalue weighted by Crippen LogP contribution is -2.26. The Balaban J connectivity index is 2.28. The largest absolute Gasteiger partial charge is 0.396 e. The van der Waals surface area contributed by atoms with Crippen LogP contribution in [-0.2, 0) is 0 Å². The third-order valence-electron chi connectivity index (χ3n) is 3.49. The number of benzene rings is 1. The van der Waals surface area contributed by atoms with Crippen molar-refractivity contribution in [3.63, 3.8) is 0 Å². The minimum absolute atomic E-state index is 0.104. The van der Waals surface area contributed by atoms with Gasteiger partial charge in [-0.1, -0.05) is 24.3 Å². The molecule has 0 heterocycles. The molecule has 3 N–H and O–H groups in total. The second kappa shape index (κ2) is 4.98. The zero-order valence-corrected chi connectivity index (χ0v) is 9.89. The lowest BCUT2D eigenvalue weighted by atomic mass is 9.85. The van der Waals surface area contributed by atoms with E-state index in [2.05, 4.69) is 24.3 Å². The molecule has 2 atom stereocenters. The number of hydrogen-bond donors (Lipinski definition) is 2. The molecule has 0 radical (unpaired) electrons. The molecule has 1 saturated carbocycles. The van der Waals surface area contributed by atoms with Crippen LogP contribution in [0.2, 0.25) is 0 Å². The fourth-order valence-corrected chi connectivity index (χ4v) is 2.46. The van der Waals surface area contributed by atoms with Gasteiger partial charge >= 0.3 is 0 Å². The third-order valence-corrected chi connectivity index (χ3v) is 3.49. The Morgan fingerprint density at radius 3 is 2.62 bits per heavy atom. The second-order valence-electron chi connectivity index (χ2n) is 4.88. The molecular formula is C14H21NO. The van der Waals surface area contributed by atoms with E-state index in [-0.39, 0.29) is 12.6 Å². The normalized spacial score (nSPS) is 19.4. The van der Waals surface area contributed by atoms with Gasteiger partial charge in [0.15, 0.2) is 0 Å². The van der Waals surface area contributed by atoms with Crippen molar-refractivity contribution in [1.82, 2.24) is 0 Å². The first-order valence-electron chi connectivity index (χ1n) is 6.19. The quantitative estimate of drug-likeness (QED) is 0.798. The average Bonchev–Trinajstić information content (AvgIpc) is 3.09. The van der Waals surface area contributed by atoms with Gasteiger partial charge in [-0.05, 0) is 43.2 Å². The van der Waals surface area contributed by atoms with Gasteiger partial charge in [-0.3, -0.25) is 0 Å². The van der Waals surface area contributed by atoms with Gasteiger partial charge in [0.25, 0.3) is 0 Å². The van der Waals surface area contributed by atoms with Gasteiger partial charge in [-0.15, -0.1) is 0 Å². The highest BCUT2D eigenvalue weighted by Gasteiger charge is 2.28. The summed E-state index contributed by atoms with van der Waals surface area (Å²) in [6, 6.07) is 8.69. The SMILES string of the molecule is CC(N)C(CCO)c1ccccc1C1CC1. The topological polar surface area (TPSA) is 46.2 Å². The van der Waals surface area contributed by atoms with E-state index >= 15 is 0 Å². The molecule has 1 aliphatic carbocycles. The van der Waals surface area contributed by atoms with Crippen LogP contribution in [0.4, 0.5) is 0 Å². The van der Waals surface area contributed by atoms with E-state index in [9.17, 15) is 0 Å². The zero-order chi connectivity index (χ0) is 11.5. The highest BCUT2D eigenvalue weighted by molar-refractivity contribution is 5.36. The van der Waals surface area contributed by atoms with Crippen LogP contribution in [0.3, 0.4) is 0 Å². The fraction of sp³-hybridized carbons (Fsp3) is 0.571. The van der Waals surface area contributed by atoms with Gasteiger partial charge in [0.1, 0.15) is 0 Å². The summed E-state index contributed by atoms with van der Waals surface area (Å²) in [6.07, 6.45) is 3.38. The summed E-state index contributed by atoms with van der Waals surface area (Å²) in [6.45, 7) is 2.25. The number of rotatable bonds is 5. The summed E-state index contributed by atoms with van der Waals surface area (Å²) in [7, 11) is 0. The van der Waals surface area contributed by atoms with Crippen LogP contribution in [-0.4, -0.2) is 17.8 Å². The first-order chi connectivity index (χ1) is 7.74. The van der Waals surface area contributed by atoms with Crippen molar-refractivity contribution < 1.29 is 5.11 Å². The first-order valence-corrected chi connectivity index (χ1v) is 6.19. The number of hydrogen-bond acceptors (Lipinski definition) is 2. The molecule has 1 aromatic rings. The molecule has 2 unspecified atom stereocenters. The lowest BCUT2D eigenvalue weighted by Gasteiger charge is -2.23. The maximum atomic E-state index is 9.14. The van der Waals surface area contributed by atoms with Crippen molar-refractivity contribution >= 4 is 0 Å². The number of nitrogens with two attached hydrogens (primary N) is 1. The predicted octanol–water partition coefficient (Wildman–Crippen LogP) is 2.38. The summed E-state index contributed by atoms with van der Waals surface area (Å²) in [5.74, 6) is 1.04. The average molecular weight is 219 g/mol. The molecule has 2 nitrogen and oxygen atoms in total. The molecule has 2 rings (SSSR count). The molecule has 88 valence electrons. The second-order valence-corrected chi connectivity index (χ2v) is 4.88. The summed E-state index contributed by atoms with van der Waals surface area (Å²) < 4.78 is 0. The van der Waals surface area contributed by atoms with Crippen molar-refractivity contribution in [2.75, 3.05) is 6.61 Å². The van der Waals surface area contributed by atoms with E-state index in [1.54, 1.807) is 0 Å². The van der Waals surface area contributed by atoms with Crippen molar-refractivity contribution in [2.45, 2.75) is 44.1 Å². The highest BCUT2D eigenvalue weighted by atomic mass is 16.3. The van der Waals surface area contributed by atoms with Crippen molar-refractivity contribution in [2.24, 2.45) is 5.73 Å². The Kier molecular flexibility index (Phi) is 3.62. The monoisotopic (exact) mass is 219 g/mol. The summed E-state index contributed by atoms with van der Waals surface area (Å²) in [5.41, 5.74) is 8.85. The molecule has 0 aliphatic heterocycles. The van der Waals surface area contributed by atoms with Gasteiger partial charge in [0.2, 0.25) is 0 Å². The Morgan fingerprint density at radius 1 is 1.38 bits per heavy atom. The minimum Gasteiger partial charge on any atom is -0.396 e. The Hall–Kier alpha value is -0.860. The van der Waals surface area contributed by atoms with Crippen LogP contribution in [0.15, 0.2) is 24.3 Å². The fourth-order valence-electron chi connectivity index (χ4n) is 2.46. The predicted molar refractivity (Wildman–Crippen MR) is 66.5 cm³/mol. The zero-order valence-electron chi connectivity index (χ0n) is 9.89. The van der Waals surface area contributed by atoms with Gasteiger partial charge in [-0.25, -0.2) is 0 Å². The van der Waals surface area contributed by atoms with Crippen molar-refractivity contribution in [1.29, 1.82) is 0 Å². The molecule has 0 amide bonds. The molecule has 1 aliphatic rings. The van der Waals surface area contributed by atoms with E-state index in [4.69, 9.17) is 10.8 Å². The summed E-state index contributed by atoms with van der Waals surface area (Å²) >= 11 is 0. The molecule has 16 heavy (non-hydrogen) atoms. The smallest absolute Gasteiger partial charge is 0.0437 e. The highest BCUT2D eigenvalue weighted by Crippen LogP contribution is 2.43. The molecule has 2 heteroatoms. The van der Waals surface area contributed by atoms with E-state index in [1.165, 1.54) is 24.0 Å². The van der Waals surface area contributed by atoms with Gasteiger partial charge in [-0.2, -0.15) is 0 Å². The molecule has 0 aromatic heterocycles. The van der Waals surface area contributed by atoms with E-state index in [0.29, 0.717) is 5.92 Å². The lowest BCUT2D eigenvalue weighted by molar-refractivity contribution is 0.268. The number of aliphatic hydroxyl groups excluding tert-OH is 1. The number of aliphatic hydroxyl groups is 1. The molecule has 1 aromatic carbocycles. The van der Waals surface area contributed by atoms with E-state index < -0.39 is 0 Å². The van der Waals surface area contributed by atoms with E-state index in [1.807, 2.05) is 6.92 Å². The van der Waals surface area contributed by atoms with Crippen molar-refractivity contribution in [3.05, 3.63) is 35.4 Å². The van der Waals surface area contributed by atoms with Crippen LogP contribution in [0, 0.1) is 0 Å². The maximum Gasteiger partial charge on any atom is 0.0437 e. The van der Waals surface area contributed by atoms with Gasteiger partial charge in [0.05, 0.1) is 0 Å². The van der Waals surface area contributed by atoms with Crippen LogP contribution >= 0.6 is 0 Å². The summed E-state index contributed by atoms with van der Waals surface area (Å²) in [4.78, 5) is 0. The first kappa shape index (κ1) is 11.6. The van der Waals surface area contributed by atoms with E-state index in [0.717, 1.165) is 12.3 Å². The molecule has 0 saturated heterocycles. The molecule has 0 spiro atoms. The van der Waals surface area contributed by atoms with Gasteiger partial charge in [0, 0.05) is 18.6 Å². The van der Waals surface area contributed by atoms with Crippen LogP contribution < -0.4 is 5.73 Å². The minimum atomic E-state index is 0.104. The molecular weight excluding hydrogens is 198 g/mol.